The lowest BCUT2D eigenvalue weighted by Gasteiger charge is -2.17. The van der Waals surface area contributed by atoms with E-state index in [1.807, 2.05) is 0 Å². The summed E-state index contributed by atoms with van der Waals surface area (Å²) in [5.41, 5.74) is 1.17. The number of hydrogen-bond acceptors (Lipinski definition) is 5. The van der Waals surface area contributed by atoms with Crippen molar-refractivity contribution < 1.29 is 23.9 Å². The van der Waals surface area contributed by atoms with E-state index < -0.39 is 12.1 Å². The Morgan fingerprint density at radius 3 is 2.38 bits per heavy atom. The quantitative estimate of drug-likeness (QED) is 0.627. The van der Waals surface area contributed by atoms with Gasteiger partial charge < -0.3 is 9.64 Å². The van der Waals surface area contributed by atoms with Crippen molar-refractivity contribution in [3.05, 3.63) is 35.4 Å². The molecule has 0 radical (unpaired) electrons. The van der Waals surface area contributed by atoms with Crippen LogP contribution in [0, 0.1) is 5.92 Å². The van der Waals surface area contributed by atoms with Crippen LogP contribution < -0.4 is 5.32 Å². The lowest BCUT2D eigenvalue weighted by atomic mass is 9.97. The third-order valence-corrected chi connectivity index (χ3v) is 3.81. The molecule has 2 atom stereocenters. The molecular weight excluding hydrogens is 312 g/mol. The molecule has 7 nitrogen and oxygen atoms in total. The Kier molecular flexibility index (Phi) is 5.33. The summed E-state index contributed by atoms with van der Waals surface area (Å²) in [6, 6.07) is 6.59. The molecule has 1 N–H and O–H groups in total. The molecule has 0 bridgehead atoms. The van der Waals surface area contributed by atoms with E-state index in [0.29, 0.717) is 12.0 Å². The van der Waals surface area contributed by atoms with Crippen LogP contribution in [0.2, 0.25) is 0 Å². The van der Waals surface area contributed by atoms with Crippen molar-refractivity contribution in [3.8, 4) is 0 Å². The van der Waals surface area contributed by atoms with Crippen LogP contribution >= 0.6 is 0 Å². The Labute approximate surface area is 140 Å². The Morgan fingerprint density at radius 2 is 1.88 bits per heavy atom. The molecule has 1 heterocycles. The van der Waals surface area contributed by atoms with Crippen LogP contribution in [0.1, 0.15) is 29.3 Å². The number of ether oxygens (including phenoxy) is 1. The van der Waals surface area contributed by atoms with Gasteiger partial charge in [-0.25, -0.2) is 4.79 Å². The molecule has 128 valence electrons. The van der Waals surface area contributed by atoms with Crippen molar-refractivity contribution in [2.24, 2.45) is 5.92 Å². The first-order valence-electron chi connectivity index (χ1n) is 7.62. The molecule has 1 aliphatic heterocycles. The molecule has 0 saturated carbocycles. The Bertz CT molecular complexity index is 666. The van der Waals surface area contributed by atoms with Crippen molar-refractivity contribution in [1.29, 1.82) is 0 Å². The fraction of sp³-hybridized carbons (Fsp3) is 0.412. The van der Waals surface area contributed by atoms with Gasteiger partial charge >= 0.3 is 5.97 Å². The first-order chi connectivity index (χ1) is 11.3. The average molecular weight is 332 g/mol. The molecule has 1 fully saturated rings. The minimum Gasteiger partial charge on any atom is -0.449 e. The maximum absolute atomic E-state index is 12.0. The summed E-state index contributed by atoms with van der Waals surface area (Å²) in [5, 5.41) is 2.27. The summed E-state index contributed by atoms with van der Waals surface area (Å²) >= 11 is 0. The first kappa shape index (κ1) is 17.7. The molecule has 7 heteroatoms. The highest BCUT2D eigenvalue weighted by molar-refractivity contribution is 6.03. The van der Waals surface area contributed by atoms with Crippen LogP contribution in [0.25, 0.3) is 0 Å². The number of carbonyl (C=O) groups is 4. The largest absolute Gasteiger partial charge is 0.449 e. The summed E-state index contributed by atoms with van der Waals surface area (Å²) < 4.78 is 5.13. The summed E-state index contributed by atoms with van der Waals surface area (Å²) in [5.74, 6) is -1.77. The summed E-state index contributed by atoms with van der Waals surface area (Å²) in [6.45, 7) is 1.52. The first-order valence-corrected chi connectivity index (χ1v) is 7.62. The average Bonchev–Trinajstić information content (AvgIpc) is 2.84. The van der Waals surface area contributed by atoms with E-state index in [2.05, 4.69) is 5.32 Å². The second-order valence-corrected chi connectivity index (χ2v) is 5.99. The number of carbonyl (C=O) groups excluding carboxylic acids is 4. The molecule has 0 aliphatic carbocycles. The number of imide groups is 1. The van der Waals surface area contributed by atoms with E-state index in [9.17, 15) is 19.2 Å². The fourth-order valence-electron chi connectivity index (χ4n) is 2.48. The highest BCUT2D eigenvalue weighted by atomic mass is 16.5. The molecule has 1 saturated heterocycles. The van der Waals surface area contributed by atoms with E-state index in [-0.39, 0.29) is 30.1 Å². The van der Waals surface area contributed by atoms with Crippen LogP contribution in [0.5, 0.6) is 0 Å². The highest BCUT2D eigenvalue weighted by Gasteiger charge is 2.30. The monoisotopic (exact) mass is 332 g/mol. The van der Waals surface area contributed by atoms with E-state index >= 15 is 0 Å². The summed E-state index contributed by atoms with van der Waals surface area (Å²) in [4.78, 5) is 47.8. The second kappa shape index (κ2) is 7.25. The third-order valence-electron chi connectivity index (χ3n) is 3.81. The number of rotatable bonds is 5. The topological polar surface area (TPSA) is 92.8 Å². The molecule has 0 spiro atoms. The van der Waals surface area contributed by atoms with Crippen molar-refractivity contribution >= 4 is 23.7 Å². The van der Waals surface area contributed by atoms with Crippen LogP contribution in [0.3, 0.4) is 0 Å². The minimum absolute atomic E-state index is 0.187. The maximum Gasteiger partial charge on any atom is 0.338 e. The predicted molar refractivity (Wildman–Crippen MR) is 85.0 cm³/mol. The molecular formula is C17H20N2O5. The standard InChI is InChI=1S/C17H20N2O5/c1-10(16(22)19(2)3)24-17(23)12-6-4-11(5-7-12)8-13-9-14(20)18-15(13)21/h4-7,10,13H,8-9H2,1-3H3,(H,18,20,21)/t10-,13-/m1/s1. The summed E-state index contributed by atoms with van der Waals surface area (Å²) in [6.07, 6.45) is -0.241. The van der Waals surface area contributed by atoms with E-state index in [1.165, 1.54) is 11.8 Å². The number of amides is 3. The number of nitrogens with zero attached hydrogens (tertiary/aromatic N) is 1. The van der Waals surface area contributed by atoms with Crippen molar-refractivity contribution in [1.82, 2.24) is 10.2 Å². The van der Waals surface area contributed by atoms with Gasteiger partial charge in [-0.1, -0.05) is 12.1 Å². The van der Waals surface area contributed by atoms with Crippen LogP contribution in [-0.4, -0.2) is 48.8 Å². The number of hydrogen-bond donors (Lipinski definition) is 1. The predicted octanol–water partition coefficient (Wildman–Crippen LogP) is 0.525. The lowest BCUT2D eigenvalue weighted by molar-refractivity contribution is -0.137. The Balaban J connectivity index is 1.96. The zero-order valence-corrected chi connectivity index (χ0v) is 13.9. The molecule has 1 aromatic carbocycles. The van der Waals surface area contributed by atoms with Gasteiger partial charge in [-0.3, -0.25) is 19.7 Å². The number of esters is 1. The van der Waals surface area contributed by atoms with E-state index in [1.54, 1.807) is 38.4 Å². The van der Waals surface area contributed by atoms with Gasteiger partial charge in [0.05, 0.1) is 11.5 Å². The highest BCUT2D eigenvalue weighted by Crippen LogP contribution is 2.18. The van der Waals surface area contributed by atoms with Gasteiger partial charge in [0.2, 0.25) is 11.8 Å². The number of likely N-dealkylation sites (N-methyl/N-ethyl adjacent to an activating group) is 1. The molecule has 0 unspecified atom stereocenters. The number of nitrogens with one attached hydrogen (secondary N) is 1. The van der Waals surface area contributed by atoms with Crippen LogP contribution in [0.4, 0.5) is 0 Å². The zero-order valence-electron chi connectivity index (χ0n) is 13.9. The van der Waals surface area contributed by atoms with Crippen molar-refractivity contribution in [3.63, 3.8) is 0 Å². The van der Waals surface area contributed by atoms with Crippen molar-refractivity contribution in [2.45, 2.75) is 25.9 Å². The van der Waals surface area contributed by atoms with Crippen LogP contribution in [-0.2, 0) is 25.5 Å². The number of benzene rings is 1. The minimum atomic E-state index is -0.861. The van der Waals surface area contributed by atoms with Gasteiger partial charge in [0.15, 0.2) is 6.10 Å². The smallest absolute Gasteiger partial charge is 0.338 e. The Morgan fingerprint density at radius 1 is 1.25 bits per heavy atom. The van der Waals surface area contributed by atoms with Gasteiger partial charge in [-0.05, 0) is 31.0 Å². The molecule has 1 aromatic rings. The van der Waals surface area contributed by atoms with Gasteiger partial charge in [-0.2, -0.15) is 0 Å². The molecule has 2 rings (SSSR count). The van der Waals surface area contributed by atoms with Gasteiger partial charge in [-0.15, -0.1) is 0 Å². The lowest BCUT2D eigenvalue weighted by Crippen LogP contribution is -2.34. The molecule has 3 amide bonds. The maximum atomic E-state index is 12.0. The van der Waals surface area contributed by atoms with Gasteiger partial charge in [0.1, 0.15) is 0 Å². The van der Waals surface area contributed by atoms with Gasteiger partial charge in [0, 0.05) is 20.5 Å². The van der Waals surface area contributed by atoms with E-state index in [0.717, 1.165) is 5.56 Å². The SMILES string of the molecule is C[C@@H](OC(=O)c1ccc(C[C@@H]2CC(=O)NC2=O)cc1)C(=O)N(C)C. The second-order valence-electron chi connectivity index (χ2n) is 5.99. The fourth-order valence-corrected chi connectivity index (χ4v) is 2.48. The summed E-state index contributed by atoms with van der Waals surface area (Å²) in [7, 11) is 3.18. The van der Waals surface area contributed by atoms with Crippen molar-refractivity contribution in [2.75, 3.05) is 14.1 Å². The molecule has 0 aromatic heterocycles. The molecule has 1 aliphatic rings. The normalized spacial score (nSPS) is 18.0. The Hall–Kier alpha value is -2.70. The van der Waals surface area contributed by atoms with Gasteiger partial charge in [0.25, 0.3) is 5.91 Å². The zero-order chi connectivity index (χ0) is 17.9. The third kappa shape index (κ3) is 4.18. The molecule has 24 heavy (non-hydrogen) atoms. The van der Waals surface area contributed by atoms with Crippen LogP contribution in [0.15, 0.2) is 24.3 Å². The van der Waals surface area contributed by atoms with E-state index in [4.69, 9.17) is 4.74 Å².